The van der Waals surface area contributed by atoms with Crippen molar-refractivity contribution in [3.05, 3.63) is 402 Å². The van der Waals surface area contributed by atoms with E-state index >= 15 is 0 Å². The highest BCUT2D eigenvalue weighted by atomic mass is 15.2. The minimum Gasteiger partial charge on any atom is -0.310 e. The molecule has 0 unspecified atom stereocenters. The molecule has 4 nitrogen and oxygen atoms in total. The Bertz CT molecular complexity index is 6980. The third kappa shape index (κ3) is 12.0. The van der Waals surface area contributed by atoms with Crippen molar-refractivity contribution in [2.45, 2.75) is 136 Å². The molecule has 16 aromatic carbocycles. The van der Waals surface area contributed by atoms with Crippen molar-refractivity contribution in [3.63, 3.8) is 0 Å². The highest BCUT2D eigenvalue weighted by Crippen LogP contribution is 2.61. The van der Waals surface area contributed by atoms with Crippen LogP contribution in [0.1, 0.15) is 154 Å². The first-order valence-electron chi connectivity index (χ1n) is 43.7. The molecule has 0 radical (unpaired) electrons. The minimum atomic E-state index is -0.656. The van der Waals surface area contributed by atoms with E-state index < -0.39 is 5.41 Å². The van der Waals surface area contributed by atoms with E-state index in [1.54, 1.807) is 0 Å². The molecule has 0 saturated heterocycles. The van der Waals surface area contributed by atoms with E-state index in [1.165, 1.54) is 110 Å². The monoisotopic (exact) mass is 1570 g/mol. The Kier molecular flexibility index (Phi) is 17.4. The Morgan fingerprint density at radius 3 is 0.975 bits per heavy atom. The van der Waals surface area contributed by atoms with Gasteiger partial charge in [-0.25, -0.2) is 0 Å². The molecule has 2 aliphatic heterocycles. The lowest BCUT2D eigenvalue weighted by molar-refractivity contribution is 0.590. The molecule has 0 atom stereocenters. The first-order chi connectivity index (χ1) is 58.7. The lowest BCUT2D eigenvalue weighted by atomic mass is 9.33. The van der Waals surface area contributed by atoms with E-state index in [-0.39, 0.29) is 33.8 Å². The Morgan fingerprint density at radius 2 is 0.582 bits per heavy atom. The van der Waals surface area contributed by atoms with Gasteiger partial charge in [0.15, 0.2) is 0 Å². The first kappa shape index (κ1) is 76.2. The van der Waals surface area contributed by atoms with Crippen LogP contribution in [0.5, 0.6) is 0 Å². The fourth-order valence-corrected chi connectivity index (χ4v) is 20.7. The van der Waals surface area contributed by atoms with Gasteiger partial charge in [-0.1, -0.05) is 395 Å². The van der Waals surface area contributed by atoms with Crippen molar-refractivity contribution in [1.82, 2.24) is 9.13 Å². The molecule has 0 fully saturated rings. The molecule has 0 spiro atoms. The fourth-order valence-electron chi connectivity index (χ4n) is 20.7. The summed E-state index contributed by atoms with van der Waals surface area (Å²) in [6.45, 7) is 34.8. The standard InChI is InChI=1S/C117H103BN4/c1-112(2,3)78-56-48-74(49-57-78)87-40-30-41-88(75-50-58-79(59-51-75)113(4,5)6)110(87)121-103-72-85(119-99-45-27-23-37-92(99)93-38-24-28-46-100(93)119)64-67-97(103)118-98-68-65-86(120-101-47-29-25-39-95(101)107-102(120)69-66-94-91-36-22-26-44-96(91)117(108(94)107,82-32-18-16-19-33-82)83-34-20-17-21-35-83)73-104(98)122(106-71-84(116(13,14)15)70-105(121)109(106)118)111-89(76-52-60-80(61-53-76)114(7,8)9)42-31-43-90(111)77-54-62-81(63-55-77)115(10,11)12/h16-73H,1-15H3. The smallest absolute Gasteiger partial charge is 0.252 e. The van der Waals surface area contributed by atoms with Gasteiger partial charge in [0.05, 0.1) is 38.9 Å². The summed E-state index contributed by atoms with van der Waals surface area (Å²) in [5, 5.41) is 4.91. The summed E-state index contributed by atoms with van der Waals surface area (Å²) in [4.78, 5) is 5.51. The van der Waals surface area contributed by atoms with E-state index in [2.05, 4.69) is 475 Å². The number of benzene rings is 16. The number of fused-ring (bicyclic) bond motifs is 14. The number of hydrogen-bond donors (Lipinski definition) is 0. The zero-order valence-corrected chi connectivity index (χ0v) is 72.9. The molecule has 0 saturated carbocycles. The summed E-state index contributed by atoms with van der Waals surface area (Å²) in [5.41, 5.74) is 39.2. The van der Waals surface area contributed by atoms with Gasteiger partial charge in [0.25, 0.3) is 6.71 Å². The van der Waals surface area contributed by atoms with E-state index in [0.717, 1.165) is 101 Å². The third-order valence-electron chi connectivity index (χ3n) is 27.0. The van der Waals surface area contributed by atoms with Crippen molar-refractivity contribution in [2.75, 3.05) is 9.80 Å². The van der Waals surface area contributed by atoms with Crippen molar-refractivity contribution < 1.29 is 0 Å². The molecule has 21 rings (SSSR count). The summed E-state index contributed by atoms with van der Waals surface area (Å²) in [6, 6.07) is 137. The Hall–Kier alpha value is -13.2. The second-order valence-electron chi connectivity index (χ2n) is 39.6. The van der Waals surface area contributed by atoms with Gasteiger partial charge in [0.2, 0.25) is 0 Å². The molecule has 5 heteroatoms. The van der Waals surface area contributed by atoms with Crippen LogP contribution in [0.25, 0.3) is 111 Å². The number of anilines is 6. The molecule has 3 aliphatic rings. The quantitative estimate of drug-likeness (QED) is 0.127. The fraction of sp³-hybridized carbons (Fsp3) is 0.179. The lowest BCUT2D eigenvalue weighted by Gasteiger charge is -2.46. The summed E-state index contributed by atoms with van der Waals surface area (Å²) in [5.74, 6) is 0. The second-order valence-corrected chi connectivity index (χ2v) is 39.6. The third-order valence-corrected chi connectivity index (χ3v) is 27.0. The van der Waals surface area contributed by atoms with Gasteiger partial charge in [-0.3, -0.25) is 0 Å². The Labute approximate surface area is 720 Å². The summed E-state index contributed by atoms with van der Waals surface area (Å²) in [7, 11) is 0. The van der Waals surface area contributed by atoms with Crippen LogP contribution in [0.15, 0.2) is 352 Å². The number of rotatable bonds is 10. The van der Waals surface area contributed by atoms with Crippen LogP contribution >= 0.6 is 0 Å². The van der Waals surface area contributed by atoms with Gasteiger partial charge in [-0.05, 0) is 188 Å². The molecule has 4 heterocycles. The van der Waals surface area contributed by atoms with Crippen molar-refractivity contribution in [3.8, 4) is 67.0 Å². The predicted molar refractivity (Wildman–Crippen MR) is 522 cm³/mol. The lowest BCUT2D eigenvalue weighted by Crippen LogP contribution is -2.61. The van der Waals surface area contributed by atoms with Crippen LogP contribution in [0, 0.1) is 0 Å². The molecule has 18 aromatic rings. The van der Waals surface area contributed by atoms with Crippen LogP contribution in [0.3, 0.4) is 0 Å². The summed E-state index contributed by atoms with van der Waals surface area (Å²) >= 11 is 0. The van der Waals surface area contributed by atoms with Crippen LogP contribution in [0.4, 0.5) is 34.1 Å². The van der Waals surface area contributed by atoms with Gasteiger partial charge in [-0.15, -0.1) is 0 Å². The number of para-hydroxylation sites is 5. The first-order valence-corrected chi connectivity index (χ1v) is 43.7. The summed E-state index contributed by atoms with van der Waals surface area (Å²) < 4.78 is 5.13. The molecule has 0 amide bonds. The van der Waals surface area contributed by atoms with Crippen molar-refractivity contribution >= 4 is 101 Å². The largest absolute Gasteiger partial charge is 0.310 e. The van der Waals surface area contributed by atoms with Crippen LogP contribution in [-0.4, -0.2) is 15.8 Å². The van der Waals surface area contributed by atoms with E-state index in [1.807, 2.05) is 0 Å². The minimum absolute atomic E-state index is 0.0590. The van der Waals surface area contributed by atoms with E-state index in [0.29, 0.717) is 0 Å². The SMILES string of the molecule is CC(C)(C)c1ccc(-c2cccc(-c3ccc(C(C)(C)C)cc3)c2N2c3cc(-n4c5ccccc5c5ccccc54)ccc3B3c4ccc(-n5c6ccccc6c6c7c(ccc65)-c5ccccc5C7(c5ccccc5)c5ccccc5)cc4N(c4c(-c5ccc(C(C)(C)C)cc5)cccc4-c4ccc(C(C)(C)C)cc4)c4cc(C(C)(C)C)cc2c43)cc1. The number of nitrogens with zero attached hydrogens (tertiary/aromatic N) is 4. The van der Waals surface area contributed by atoms with Gasteiger partial charge in [0, 0.05) is 77.9 Å². The molecule has 122 heavy (non-hydrogen) atoms. The van der Waals surface area contributed by atoms with Crippen LogP contribution in [0.2, 0.25) is 0 Å². The molecule has 0 bridgehead atoms. The molecule has 594 valence electrons. The maximum absolute atomic E-state index is 2.76. The highest BCUT2D eigenvalue weighted by Gasteiger charge is 2.50. The van der Waals surface area contributed by atoms with Gasteiger partial charge < -0.3 is 18.9 Å². The Balaban J connectivity index is 0.917. The zero-order chi connectivity index (χ0) is 83.8. The average Bonchev–Trinajstić information content (AvgIpc) is 1.51. The molecule has 1 aliphatic carbocycles. The van der Waals surface area contributed by atoms with Gasteiger partial charge in [-0.2, -0.15) is 0 Å². The zero-order valence-electron chi connectivity index (χ0n) is 72.9. The van der Waals surface area contributed by atoms with Gasteiger partial charge >= 0.3 is 0 Å². The predicted octanol–water partition coefficient (Wildman–Crippen LogP) is 29.5. The van der Waals surface area contributed by atoms with Crippen LogP contribution in [-0.2, 0) is 32.5 Å². The number of hydrogen-bond acceptors (Lipinski definition) is 2. The van der Waals surface area contributed by atoms with Gasteiger partial charge in [0.1, 0.15) is 0 Å². The maximum Gasteiger partial charge on any atom is 0.252 e. The average molecular weight is 1580 g/mol. The van der Waals surface area contributed by atoms with Crippen molar-refractivity contribution in [2.24, 2.45) is 0 Å². The topological polar surface area (TPSA) is 16.3 Å². The maximum atomic E-state index is 2.76. The molecule has 2 aromatic heterocycles. The second kappa shape index (κ2) is 27.9. The molecular weight excluding hydrogens is 1470 g/mol. The summed E-state index contributed by atoms with van der Waals surface area (Å²) in [6.07, 6.45) is 0. The molecular formula is C117H103BN4. The van der Waals surface area contributed by atoms with E-state index in [4.69, 9.17) is 0 Å². The number of aromatic nitrogens is 2. The Morgan fingerprint density at radius 1 is 0.246 bits per heavy atom. The van der Waals surface area contributed by atoms with E-state index in [9.17, 15) is 0 Å². The van der Waals surface area contributed by atoms with Crippen molar-refractivity contribution in [1.29, 1.82) is 0 Å². The highest BCUT2D eigenvalue weighted by molar-refractivity contribution is 7.00. The van der Waals surface area contributed by atoms with Crippen LogP contribution < -0.4 is 26.2 Å². The normalized spacial score (nSPS) is 13.7. The molecule has 0 N–H and O–H groups in total.